The van der Waals surface area contributed by atoms with Gasteiger partial charge in [0, 0.05) is 23.0 Å². The molecule has 0 aliphatic rings. The fourth-order valence-corrected chi connectivity index (χ4v) is 3.95. The molecule has 0 fully saturated rings. The first-order valence-corrected chi connectivity index (χ1v) is 10.4. The highest BCUT2D eigenvalue weighted by Gasteiger charge is 2.18. The Balaban J connectivity index is 2.31. The molecule has 2 aromatic rings. The average Bonchev–Trinajstić information content (AvgIpc) is 2.56. The van der Waals surface area contributed by atoms with Crippen molar-refractivity contribution in [2.45, 2.75) is 31.7 Å². The number of hydrogen-bond donors (Lipinski definition) is 3. The number of sulfonamides is 1. The lowest BCUT2D eigenvalue weighted by Gasteiger charge is -2.13. The van der Waals surface area contributed by atoms with Crippen molar-refractivity contribution in [2.75, 3.05) is 10.6 Å². The van der Waals surface area contributed by atoms with Gasteiger partial charge in [0.1, 0.15) is 0 Å². The fraction of sp³-hybridized carbons (Fsp3) is 0.222. The number of anilines is 2. The summed E-state index contributed by atoms with van der Waals surface area (Å²) in [7, 11) is -3.71. The molecule has 0 atom stereocenters. The van der Waals surface area contributed by atoms with Crippen LogP contribution in [0.15, 0.2) is 51.8 Å². The van der Waals surface area contributed by atoms with E-state index < -0.39 is 15.9 Å². The second-order valence-corrected chi connectivity index (χ2v) is 8.76. The Labute approximate surface area is 166 Å². The first-order valence-electron chi connectivity index (χ1n) is 8.09. The Morgan fingerprint density at radius 2 is 1.70 bits per heavy atom. The molecule has 0 unspecified atom stereocenters. The summed E-state index contributed by atoms with van der Waals surface area (Å²) in [5.74, 6) is -0.776. The number of carbonyl (C=O) groups is 2. The zero-order chi connectivity index (χ0) is 20.2. The summed E-state index contributed by atoms with van der Waals surface area (Å²) in [6.07, 6.45) is 0. The largest absolute Gasteiger partial charge is 0.325 e. The molecule has 2 aromatic carbocycles. The van der Waals surface area contributed by atoms with Crippen LogP contribution in [0.2, 0.25) is 0 Å². The molecule has 0 saturated carbocycles. The van der Waals surface area contributed by atoms with Crippen LogP contribution in [0.3, 0.4) is 0 Å². The van der Waals surface area contributed by atoms with Crippen LogP contribution in [0, 0.1) is 0 Å². The highest BCUT2D eigenvalue weighted by molar-refractivity contribution is 9.10. The summed E-state index contributed by atoms with van der Waals surface area (Å²) in [6, 6.07) is 10.5. The minimum atomic E-state index is -3.71. The summed E-state index contributed by atoms with van der Waals surface area (Å²) in [6.45, 7) is 4.79. The van der Waals surface area contributed by atoms with E-state index in [0.29, 0.717) is 15.8 Å². The van der Waals surface area contributed by atoms with Crippen molar-refractivity contribution in [2.24, 2.45) is 0 Å². The van der Waals surface area contributed by atoms with Crippen LogP contribution in [0.25, 0.3) is 0 Å². The van der Waals surface area contributed by atoms with Crippen LogP contribution < -0.4 is 15.4 Å². The maximum atomic E-state index is 12.6. The van der Waals surface area contributed by atoms with Gasteiger partial charge in [-0.15, -0.1) is 0 Å². The van der Waals surface area contributed by atoms with E-state index in [9.17, 15) is 18.0 Å². The number of rotatable bonds is 6. The maximum Gasteiger partial charge on any atom is 0.255 e. The molecule has 0 radical (unpaired) electrons. The molecule has 0 spiro atoms. The SMILES string of the molecule is CC(=O)Nc1ccc(Br)cc1NC(=O)c1cccc(S(=O)(=O)NC(C)C)c1. The molecule has 144 valence electrons. The Kier molecular flexibility index (Phi) is 6.74. The van der Waals surface area contributed by atoms with E-state index in [1.807, 2.05) is 0 Å². The first kappa shape index (κ1) is 21.1. The lowest BCUT2D eigenvalue weighted by atomic mass is 10.2. The van der Waals surface area contributed by atoms with Crippen LogP contribution >= 0.6 is 15.9 Å². The minimum absolute atomic E-state index is 0.000164. The number of halogens is 1. The zero-order valence-corrected chi connectivity index (χ0v) is 17.4. The van der Waals surface area contributed by atoms with Crippen molar-refractivity contribution in [3.05, 3.63) is 52.5 Å². The standard InChI is InChI=1S/C18H20BrN3O4S/c1-11(2)22-27(25,26)15-6-4-5-13(9-15)18(24)21-17-10-14(19)7-8-16(17)20-12(3)23/h4-11,22H,1-3H3,(H,20,23)(H,21,24). The van der Waals surface area contributed by atoms with Gasteiger partial charge >= 0.3 is 0 Å². The predicted molar refractivity (Wildman–Crippen MR) is 108 cm³/mol. The zero-order valence-electron chi connectivity index (χ0n) is 15.0. The molecule has 0 saturated heterocycles. The number of hydrogen-bond acceptors (Lipinski definition) is 4. The second-order valence-electron chi connectivity index (χ2n) is 6.13. The van der Waals surface area contributed by atoms with E-state index in [-0.39, 0.29) is 22.4 Å². The Hall–Kier alpha value is -2.23. The van der Waals surface area contributed by atoms with Crippen molar-refractivity contribution < 1.29 is 18.0 Å². The molecule has 3 N–H and O–H groups in total. The van der Waals surface area contributed by atoms with Gasteiger partial charge in [-0.3, -0.25) is 9.59 Å². The van der Waals surface area contributed by atoms with Crippen LogP contribution in [-0.2, 0) is 14.8 Å². The van der Waals surface area contributed by atoms with Crippen LogP contribution in [0.4, 0.5) is 11.4 Å². The number of nitrogens with one attached hydrogen (secondary N) is 3. The van der Waals surface area contributed by atoms with Crippen LogP contribution in [0.5, 0.6) is 0 Å². The molecule has 7 nitrogen and oxygen atoms in total. The second kappa shape index (κ2) is 8.64. The molecule has 27 heavy (non-hydrogen) atoms. The summed E-state index contributed by atoms with van der Waals surface area (Å²) >= 11 is 3.32. The lowest BCUT2D eigenvalue weighted by Crippen LogP contribution is -2.30. The van der Waals surface area contributed by atoms with Crippen molar-refractivity contribution in [3.8, 4) is 0 Å². The van der Waals surface area contributed by atoms with E-state index in [4.69, 9.17) is 0 Å². The van der Waals surface area contributed by atoms with Gasteiger partial charge < -0.3 is 10.6 Å². The van der Waals surface area contributed by atoms with E-state index >= 15 is 0 Å². The summed E-state index contributed by atoms with van der Waals surface area (Å²) in [5.41, 5.74) is 0.998. The van der Waals surface area contributed by atoms with E-state index in [1.165, 1.54) is 31.2 Å². The highest BCUT2D eigenvalue weighted by atomic mass is 79.9. The molecule has 0 heterocycles. The number of carbonyl (C=O) groups excluding carboxylic acids is 2. The van der Waals surface area contributed by atoms with Crippen molar-refractivity contribution in [1.82, 2.24) is 4.72 Å². The van der Waals surface area contributed by atoms with Gasteiger partial charge in [-0.05, 0) is 50.2 Å². The van der Waals surface area contributed by atoms with Gasteiger partial charge in [0.15, 0.2) is 0 Å². The van der Waals surface area contributed by atoms with Gasteiger partial charge in [0.2, 0.25) is 15.9 Å². The number of benzene rings is 2. The summed E-state index contributed by atoms with van der Waals surface area (Å²) < 4.78 is 27.8. The molecular formula is C18H20BrN3O4S. The minimum Gasteiger partial charge on any atom is -0.325 e. The van der Waals surface area contributed by atoms with Gasteiger partial charge in [-0.25, -0.2) is 13.1 Å². The third kappa shape index (κ3) is 5.88. The fourth-order valence-electron chi connectivity index (χ4n) is 2.30. The Morgan fingerprint density at radius 1 is 1.00 bits per heavy atom. The highest BCUT2D eigenvalue weighted by Crippen LogP contribution is 2.27. The third-order valence-corrected chi connectivity index (χ3v) is 5.49. The quantitative estimate of drug-likeness (QED) is 0.623. The topological polar surface area (TPSA) is 104 Å². The molecule has 0 aliphatic carbocycles. The molecule has 0 aliphatic heterocycles. The first-order chi connectivity index (χ1) is 12.6. The van der Waals surface area contributed by atoms with Gasteiger partial charge in [-0.1, -0.05) is 22.0 Å². The summed E-state index contributed by atoms with van der Waals surface area (Å²) in [4.78, 5) is 24.0. The van der Waals surface area contributed by atoms with Crippen molar-refractivity contribution >= 4 is 49.1 Å². The van der Waals surface area contributed by atoms with Crippen molar-refractivity contribution in [3.63, 3.8) is 0 Å². The van der Waals surface area contributed by atoms with E-state index in [1.54, 1.807) is 32.0 Å². The Morgan fingerprint density at radius 3 is 2.33 bits per heavy atom. The van der Waals surface area contributed by atoms with Gasteiger partial charge in [-0.2, -0.15) is 0 Å². The van der Waals surface area contributed by atoms with E-state index in [0.717, 1.165) is 0 Å². The maximum absolute atomic E-state index is 12.6. The average molecular weight is 454 g/mol. The molecule has 2 amide bonds. The smallest absolute Gasteiger partial charge is 0.255 e. The van der Waals surface area contributed by atoms with Crippen LogP contribution in [-0.4, -0.2) is 26.3 Å². The normalized spacial score (nSPS) is 11.3. The van der Waals surface area contributed by atoms with Gasteiger partial charge in [0.05, 0.1) is 16.3 Å². The molecule has 0 aromatic heterocycles. The lowest BCUT2D eigenvalue weighted by molar-refractivity contribution is -0.114. The predicted octanol–water partition coefficient (Wildman–Crippen LogP) is 3.35. The number of amides is 2. The third-order valence-electron chi connectivity index (χ3n) is 3.34. The molecule has 2 rings (SSSR count). The molecule has 9 heteroatoms. The summed E-state index contributed by atoms with van der Waals surface area (Å²) in [5, 5.41) is 5.33. The molecular weight excluding hydrogens is 434 g/mol. The monoisotopic (exact) mass is 453 g/mol. The van der Waals surface area contributed by atoms with E-state index in [2.05, 4.69) is 31.3 Å². The Bertz CT molecular complexity index is 974. The molecule has 0 bridgehead atoms. The van der Waals surface area contributed by atoms with Gasteiger partial charge in [0.25, 0.3) is 5.91 Å². The van der Waals surface area contributed by atoms with Crippen LogP contribution in [0.1, 0.15) is 31.1 Å². The van der Waals surface area contributed by atoms with Crippen molar-refractivity contribution in [1.29, 1.82) is 0 Å².